The molecule has 0 aliphatic carbocycles. The predicted molar refractivity (Wildman–Crippen MR) is 93.2 cm³/mol. The largest absolute Gasteiger partial charge is 0.400 e. The zero-order valence-electron chi connectivity index (χ0n) is 13.5. The summed E-state index contributed by atoms with van der Waals surface area (Å²) in [6.45, 7) is 0.0575. The van der Waals surface area contributed by atoms with Crippen molar-refractivity contribution in [2.75, 3.05) is 19.0 Å². The number of carbonyl (C=O) groups excluding carboxylic acids is 2. The molecular formula is C17H17N5O3. The van der Waals surface area contributed by atoms with Gasteiger partial charge in [-0.2, -0.15) is 0 Å². The first kappa shape index (κ1) is 19.5. The van der Waals surface area contributed by atoms with Gasteiger partial charge in [-0.05, 0) is 30.2 Å². The van der Waals surface area contributed by atoms with Gasteiger partial charge in [-0.15, -0.1) is 0 Å². The number of primary amides is 1. The highest BCUT2D eigenvalue weighted by molar-refractivity contribution is 6.44. The standard InChI is InChI=1S/C16H13N5O2.CH4O/c17-15(16(18)23)12-10-11(2-4-13(12)19-8-9-22)3-5-14-20-6-1-7-21-14;1-2/h1-2,4,6-7,9-10,17,19H,8H2,(H2,18,23);2H,1H3. The molecule has 0 fully saturated rings. The van der Waals surface area contributed by atoms with E-state index in [1.807, 2.05) is 0 Å². The van der Waals surface area contributed by atoms with Crippen molar-refractivity contribution >= 4 is 23.6 Å². The van der Waals surface area contributed by atoms with Crippen molar-refractivity contribution in [2.45, 2.75) is 0 Å². The Bertz CT molecular complexity index is 810. The Morgan fingerprint density at radius 2 is 2.00 bits per heavy atom. The first-order valence-corrected chi connectivity index (χ1v) is 7.06. The third kappa shape index (κ3) is 5.85. The number of aliphatic hydroxyl groups is 1. The van der Waals surface area contributed by atoms with E-state index in [1.165, 1.54) is 0 Å². The van der Waals surface area contributed by atoms with Gasteiger partial charge in [0.25, 0.3) is 5.91 Å². The van der Waals surface area contributed by atoms with Crippen molar-refractivity contribution in [3.05, 3.63) is 53.6 Å². The molecule has 0 atom stereocenters. The summed E-state index contributed by atoms with van der Waals surface area (Å²) in [5.74, 6) is 5.14. The van der Waals surface area contributed by atoms with E-state index in [0.717, 1.165) is 7.11 Å². The van der Waals surface area contributed by atoms with Gasteiger partial charge in [-0.3, -0.25) is 10.2 Å². The molecule has 8 heteroatoms. The Balaban J connectivity index is 0.00000151. The molecule has 0 aliphatic rings. The molecule has 0 spiro atoms. The van der Waals surface area contributed by atoms with Gasteiger partial charge in [0.05, 0.1) is 6.54 Å². The summed E-state index contributed by atoms with van der Waals surface area (Å²) in [5.41, 5.74) is 6.10. The maximum Gasteiger partial charge on any atom is 0.267 e. The molecule has 0 bridgehead atoms. The predicted octanol–water partition coefficient (Wildman–Crippen LogP) is -0.0511. The number of nitrogens with zero attached hydrogens (tertiary/aromatic N) is 2. The van der Waals surface area contributed by atoms with E-state index in [0.29, 0.717) is 23.4 Å². The summed E-state index contributed by atoms with van der Waals surface area (Å²) >= 11 is 0. The molecule has 1 aromatic carbocycles. The number of hydrogen-bond acceptors (Lipinski definition) is 7. The number of aliphatic hydroxyl groups excluding tert-OH is 1. The smallest absolute Gasteiger partial charge is 0.267 e. The first-order chi connectivity index (χ1) is 12.1. The zero-order valence-corrected chi connectivity index (χ0v) is 13.5. The zero-order chi connectivity index (χ0) is 18.7. The van der Waals surface area contributed by atoms with E-state index in [2.05, 4.69) is 27.1 Å². The van der Waals surface area contributed by atoms with E-state index in [9.17, 15) is 9.59 Å². The van der Waals surface area contributed by atoms with Crippen LogP contribution in [0.1, 0.15) is 17.0 Å². The van der Waals surface area contributed by atoms with Crippen LogP contribution in [-0.4, -0.2) is 46.6 Å². The molecule has 0 radical (unpaired) electrons. The summed E-state index contributed by atoms with van der Waals surface area (Å²) in [6, 6.07) is 6.56. The van der Waals surface area contributed by atoms with E-state index in [4.69, 9.17) is 16.2 Å². The highest BCUT2D eigenvalue weighted by atomic mass is 16.2. The number of aldehydes is 1. The minimum Gasteiger partial charge on any atom is -0.400 e. The molecular weight excluding hydrogens is 322 g/mol. The fraction of sp³-hybridized carbons (Fsp3) is 0.118. The number of benzene rings is 1. The molecule has 1 aromatic heterocycles. The topological polar surface area (TPSA) is 142 Å². The average molecular weight is 339 g/mol. The summed E-state index contributed by atoms with van der Waals surface area (Å²) in [5, 5.41) is 17.6. The summed E-state index contributed by atoms with van der Waals surface area (Å²) in [7, 11) is 1.00. The lowest BCUT2D eigenvalue weighted by Gasteiger charge is -2.10. The van der Waals surface area contributed by atoms with Gasteiger partial charge >= 0.3 is 0 Å². The van der Waals surface area contributed by atoms with Crippen molar-refractivity contribution in [1.82, 2.24) is 9.97 Å². The molecule has 0 saturated heterocycles. The van der Waals surface area contributed by atoms with E-state index < -0.39 is 5.91 Å². The lowest BCUT2D eigenvalue weighted by molar-refractivity contribution is -0.112. The first-order valence-electron chi connectivity index (χ1n) is 7.06. The second-order valence-electron chi connectivity index (χ2n) is 4.37. The fourth-order valence-corrected chi connectivity index (χ4v) is 1.76. The quantitative estimate of drug-likeness (QED) is 0.342. The minimum absolute atomic E-state index is 0.0575. The monoisotopic (exact) mass is 339 g/mol. The van der Waals surface area contributed by atoms with Crippen LogP contribution < -0.4 is 11.1 Å². The molecule has 1 heterocycles. The molecule has 25 heavy (non-hydrogen) atoms. The minimum atomic E-state index is -0.865. The van der Waals surface area contributed by atoms with Gasteiger partial charge < -0.3 is 21.0 Å². The maximum absolute atomic E-state index is 11.3. The van der Waals surface area contributed by atoms with Gasteiger partial charge in [-0.25, -0.2) is 9.97 Å². The molecule has 0 aliphatic heterocycles. The molecule has 2 aromatic rings. The van der Waals surface area contributed by atoms with E-state index >= 15 is 0 Å². The lowest BCUT2D eigenvalue weighted by Crippen LogP contribution is -2.24. The van der Waals surface area contributed by atoms with Crippen LogP contribution in [0.25, 0.3) is 0 Å². The van der Waals surface area contributed by atoms with Crippen molar-refractivity contribution in [3.63, 3.8) is 0 Å². The second-order valence-corrected chi connectivity index (χ2v) is 4.37. The number of rotatable bonds is 5. The van der Waals surface area contributed by atoms with Crippen LogP contribution in [0.2, 0.25) is 0 Å². The number of anilines is 1. The van der Waals surface area contributed by atoms with Crippen LogP contribution in [0.5, 0.6) is 0 Å². The van der Waals surface area contributed by atoms with Crippen molar-refractivity contribution in [1.29, 1.82) is 5.41 Å². The SMILES string of the molecule is CO.N=C(C(N)=O)c1cc(C#Cc2ncccn2)ccc1NCC=O. The van der Waals surface area contributed by atoms with Gasteiger partial charge in [-0.1, -0.05) is 5.92 Å². The Kier molecular flexibility index (Phi) is 7.99. The van der Waals surface area contributed by atoms with Crippen LogP contribution in [0.3, 0.4) is 0 Å². The van der Waals surface area contributed by atoms with E-state index in [1.54, 1.807) is 36.7 Å². The molecule has 0 saturated carbocycles. The fourth-order valence-electron chi connectivity index (χ4n) is 1.76. The molecule has 5 N–H and O–H groups in total. The van der Waals surface area contributed by atoms with Gasteiger partial charge in [0, 0.05) is 36.3 Å². The number of aromatic nitrogens is 2. The number of amides is 1. The Hall–Kier alpha value is -3.57. The van der Waals surface area contributed by atoms with Crippen molar-refractivity contribution in [3.8, 4) is 11.8 Å². The third-order valence-corrected chi connectivity index (χ3v) is 2.80. The second kappa shape index (κ2) is 10.3. The highest BCUT2D eigenvalue weighted by Gasteiger charge is 2.13. The van der Waals surface area contributed by atoms with Gasteiger partial charge in [0.15, 0.2) is 0 Å². The van der Waals surface area contributed by atoms with Crippen molar-refractivity contribution in [2.24, 2.45) is 5.73 Å². The number of nitrogens with two attached hydrogens (primary N) is 1. The summed E-state index contributed by atoms with van der Waals surface area (Å²) in [6.07, 6.45) is 3.84. The number of hydrogen-bond donors (Lipinski definition) is 4. The third-order valence-electron chi connectivity index (χ3n) is 2.80. The van der Waals surface area contributed by atoms with Gasteiger partial charge in [0.1, 0.15) is 12.0 Å². The molecule has 2 rings (SSSR count). The normalized spacial score (nSPS) is 8.88. The van der Waals surface area contributed by atoms with Crippen LogP contribution in [0.15, 0.2) is 36.7 Å². The number of nitrogens with one attached hydrogen (secondary N) is 2. The molecule has 128 valence electrons. The van der Waals surface area contributed by atoms with Crippen LogP contribution >= 0.6 is 0 Å². The Morgan fingerprint density at radius 1 is 1.32 bits per heavy atom. The summed E-state index contributed by atoms with van der Waals surface area (Å²) in [4.78, 5) is 29.7. The maximum atomic E-state index is 11.3. The molecule has 8 nitrogen and oxygen atoms in total. The Labute approximate surface area is 144 Å². The number of carbonyl (C=O) groups is 2. The van der Waals surface area contributed by atoms with Crippen LogP contribution in [0.4, 0.5) is 5.69 Å². The van der Waals surface area contributed by atoms with Gasteiger partial charge in [0.2, 0.25) is 5.82 Å². The average Bonchev–Trinajstić information content (AvgIpc) is 2.66. The van der Waals surface area contributed by atoms with Crippen LogP contribution in [-0.2, 0) is 9.59 Å². The van der Waals surface area contributed by atoms with Crippen molar-refractivity contribution < 1.29 is 14.7 Å². The molecule has 1 amide bonds. The van der Waals surface area contributed by atoms with Crippen LogP contribution in [0, 0.1) is 17.3 Å². The summed E-state index contributed by atoms with van der Waals surface area (Å²) < 4.78 is 0. The lowest BCUT2D eigenvalue weighted by atomic mass is 10.0. The Morgan fingerprint density at radius 3 is 2.60 bits per heavy atom. The van der Waals surface area contributed by atoms with E-state index in [-0.39, 0.29) is 17.8 Å². The molecule has 0 unspecified atom stereocenters. The highest BCUT2D eigenvalue weighted by Crippen LogP contribution is 2.18.